The first kappa shape index (κ1) is 22.8. The molecule has 0 atom stereocenters. The van der Waals surface area contributed by atoms with Crippen LogP contribution in [0.1, 0.15) is 55.3 Å². The summed E-state index contributed by atoms with van der Waals surface area (Å²) < 4.78 is 0. The van der Waals surface area contributed by atoms with Crippen molar-refractivity contribution >= 4 is 29.1 Å². The molecule has 0 aliphatic heterocycles. The number of rotatable bonds is 7. The van der Waals surface area contributed by atoms with E-state index < -0.39 is 0 Å². The number of hydrogen-bond acceptors (Lipinski definition) is 5. The number of aromatic nitrogens is 2. The molecule has 3 N–H and O–H groups in total. The van der Waals surface area contributed by atoms with Gasteiger partial charge in [-0.2, -0.15) is 4.98 Å². The highest BCUT2D eigenvalue weighted by Crippen LogP contribution is 2.29. The summed E-state index contributed by atoms with van der Waals surface area (Å²) in [6, 6.07) is 11.4. The van der Waals surface area contributed by atoms with Crippen molar-refractivity contribution in [2.75, 3.05) is 30.9 Å². The average Bonchev–Trinajstić information content (AvgIpc) is 2.80. The van der Waals surface area contributed by atoms with E-state index in [1.807, 2.05) is 6.07 Å². The van der Waals surface area contributed by atoms with Crippen LogP contribution in [0, 0.1) is 0 Å². The molecule has 0 saturated heterocycles. The smallest absolute Gasteiger partial charge is 0.225 e. The zero-order valence-corrected chi connectivity index (χ0v) is 20.2. The predicted octanol–water partition coefficient (Wildman–Crippen LogP) is 3.85. The van der Waals surface area contributed by atoms with Crippen LogP contribution in [0.15, 0.2) is 30.3 Å². The van der Waals surface area contributed by atoms with E-state index in [4.69, 9.17) is 22.2 Å². The van der Waals surface area contributed by atoms with Gasteiger partial charge in [0.25, 0.3) is 0 Å². The van der Waals surface area contributed by atoms with Crippen LogP contribution in [-0.2, 0) is 19.3 Å². The van der Waals surface area contributed by atoms with E-state index in [0.29, 0.717) is 12.1 Å². The van der Waals surface area contributed by atoms with Gasteiger partial charge < -0.3 is 20.9 Å². The Morgan fingerprint density at radius 2 is 1.72 bits per heavy atom. The van der Waals surface area contributed by atoms with Crippen LogP contribution < -0.4 is 20.9 Å². The summed E-state index contributed by atoms with van der Waals surface area (Å²) in [4.78, 5) is 11.9. The van der Waals surface area contributed by atoms with E-state index in [2.05, 4.69) is 59.2 Å². The number of aryl methyl sites for hydroxylation is 1. The molecule has 1 fully saturated rings. The molecule has 1 saturated carbocycles. The third kappa shape index (κ3) is 6.09. The van der Waals surface area contributed by atoms with E-state index in [9.17, 15) is 0 Å². The van der Waals surface area contributed by atoms with E-state index in [1.165, 1.54) is 29.7 Å². The van der Waals surface area contributed by atoms with Gasteiger partial charge in [0.15, 0.2) is 5.11 Å². The number of hydrogen-bond donors (Lipinski definition) is 3. The van der Waals surface area contributed by atoms with Gasteiger partial charge in [0, 0.05) is 38.3 Å². The van der Waals surface area contributed by atoms with E-state index >= 15 is 0 Å². The lowest BCUT2D eigenvalue weighted by molar-refractivity contribution is 0.385. The molecule has 2 aliphatic rings. The lowest BCUT2D eigenvalue weighted by Gasteiger charge is -2.31. The molecule has 0 radical (unpaired) electrons. The van der Waals surface area contributed by atoms with E-state index in [0.717, 1.165) is 68.4 Å². The predicted molar refractivity (Wildman–Crippen MR) is 137 cm³/mol. The van der Waals surface area contributed by atoms with Gasteiger partial charge in [0.2, 0.25) is 5.95 Å². The lowest BCUT2D eigenvalue weighted by Crippen LogP contribution is -2.45. The minimum absolute atomic E-state index is 0.421. The monoisotopic (exact) mass is 452 g/mol. The second kappa shape index (κ2) is 10.9. The number of anilines is 2. The fourth-order valence-corrected chi connectivity index (χ4v) is 5.04. The number of benzene rings is 1. The van der Waals surface area contributed by atoms with Gasteiger partial charge in [0.05, 0.1) is 5.69 Å². The molecule has 172 valence electrons. The number of nitrogens with one attached hydrogen (secondary N) is 3. The van der Waals surface area contributed by atoms with Crippen LogP contribution in [0.4, 0.5) is 11.8 Å². The Morgan fingerprint density at radius 3 is 2.47 bits per heavy atom. The molecule has 6 nitrogen and oxygen atoms in total. The minimum Gasteiger partial charge on any atom is -0.362 e. The molecule has 32 heavy (non-hydrogen) atoms. The Bertz CT molecular complexity index is 893. The largest absolute Gasteiger partial charge is 0.362 e. The summed E-state index contributed by atoms with van der Waals surface area (Å²) in [5.41, 5.74) is 3.91. The number of nitrogens with zero attached hydrogens (tertiary/aromatic N) is 3. The van der Waals surface area contributed by atoms with Crippen molar-refractivity contribution in [3.8, 4) is 0 Å². The Labute approximate surface area is 197 Å². The maximum atomic E-state index is 5.52. The lowest BCUT2D eigenvalue weighted by atomic mass is 9.91. The van der Waals surface area contributed by atoms with Crippen molar-refractivity contribution in [2.45, 2.75) is 69.9 Å². The molecule has 0 bridgehead atoms. The second-order valence-corrected chi connectivity index (χ2v) is 9.63. The molecule has 2 aromatic rings. The summed E-state index contributed by atoms with van der Waals surface area (Å²) in [5.74, 6) is 1.88. The second-order valence-electron chi connectivity index (χ2n) is 9.23. The van der Waals surface area contributed by atoms with Gasteiger partial charge >= 0.3 is 0 Å². The van der Waals surface area contributed by atoms with Crippen LogP contribution in [0.2, 0.25) is 0 Å². The molecular weight excluding hydrogens is 416 g/mol. The van der Waals surface area contributed by atoms with Gasteiger partial charge in [0.1, 0.15) is 5.82 Å². The van der Waals surface area contributed by atoms with Crippen LogP contribution in [0.3, 0.4) is 0 Å². The van der Waals surface area contributed by atoms with Crippen LogP contribution in [0.25, 0.3) is 0 Å². The first-order valence-corrected chi connectivity index (χ1v) is 12.4. The van der Waals surface area contributed by atoms with Gasteiger partial charge in [-0.05, 0) is 75.6 Å². The van der Waals surface area contributed by atoms with Gasteiger partial charge in [-0.3, -0.25) is 0 Å². The molecule has 1 aromatic heterocycles. The zero-order chi connectivity index (χ0) is 22.3. The summed E-state index contributed by atoms with van der Waals surface area (Å²) in [6.45, 7) is 0.858. The fraction of sp³-hybridized carbons (Fsp3) is 0.560. The normalized spacial score (nSPS) is 20.2. The Morgan fingerprint density at radius 1 is 1.00 bits per heavy atom. The van der Waals surface area contributed by atoms with E-state index in [-0.39, 0.29) is 0 Å². The van der Waals surface area contributed by atoms with E-state index in [1.54, 1.807) is 0 Å². The molecule has 1 aromatic carbocycles. The topological polar surface area (TPSA) is 65.1 Å². The van der Waals surface area contributed by atoms with Crippen LogP contribution in [0.5, 0.6) is 0 Å². The quantitative estimate of drug-likeness (QED) is 0.552. The molecule has 4 rings (SSSR count). The molecule has 7 heteroatoms. The van der Waals surface area contributed by atoms with Crippen molar-refractivity contribution in [3.63, 3.8) is 0 Å². The molecule has 0 unspecified atom stereocenters. The summed E-state index contributed by atoms with van der Waals surface area (Å²) in [5, 5.41) is 11.3. The summed E-state index contributed by atoms with van der Waals surface area (Å²) in [6.07, 6.45) is 10.0. The van der Waals surface area contributed by atoms with Crippen molar-refractivity contribution in [3.05, 3.63) is 47.2 Å². The van der Waals surface area contributed by atoms with Crippen molar-refractivity contribution < 1.29 is 0 Å². The molecule has 2 aliphatic carbocycles. The van der Waals surface area contributed by atoms with Crippen LogP contribution in [-0.4, -0.2) is 47.8 Å². The average molecular weight is 453 g/mol. The Balaban J connectivity index is 1.23. The van der Waals surface area contributed by atoms with Crippen LogP contribution >= 0.6 is 12.2 Å². The fourth-order valence-electron chi connectivity index (χ4n) is 4.77. The summed E-state index contributed by atoms with van der Waals surface area (Å²) in [7, 11) is 4.16. The first-order chi connectivity index (χ1) is 15.6. The SMILES string of the molecule is CN(C)c1nc(NC2CCC(NC(=S)NCCc3ccccc3)CC2)nc2c1CCCC2. The van der Waals surface area contributed by atoms with Crippen molar-refractivity contribution in [1.29, 1.82) is 0 Å². The highest BCUT2D eigenvalue weighted by Gasteiger charge is 2.24. The summed E-state index contributed by atoms with van der Waals surface area (Å²) >= 11 is 5.52. The first-order valence-electron chi connectivity index (χ1n) is 12.0. The molecule has 0 spiro atoms. The number of thiocarbonyl (C=S) groups is 1. The van der Waals surface area contributed by atoms with Crippen molar-refractivity contribution in [1.82, 2.24) is 20.6 Å². The molecule has 1 heterocycles. The zero-order valence-electron chi connectivity index (χ0n) is 19.4. The minimum atomic E-state index is 0.421. The molecular formula is C25H36N6S. The van der Waals surface area contributed by atoms with Crippen molar-refractivity contribution in [2.24, 2.45) is 0 Å². The van der Waals surface area contributed by atoms with Gasteiger partial charge in [-0.1, -0.05) is 30.3 Å². The standard InChI is InChI=1S/C25H36N6S/c1-31(2)23-21-10-6-7-11-22(21)29-24(30-23)27-19-12-14-20(15-13-19)28-25(32)26-17-16-18-8-4-3-5-9-18/h3-5,8-9,19-20H,6-7,10-17H2,1-2H3,(H2,26,28,32)(H,27,29,30). The maximum absolute atomic E-state index is 5.52. The third-order valence-corrected chi connectivity index (χ3v) is 6.78. The third-order valence-electron chi connectivity index (χ3n) is 6.52. The number of fused-ring (bicyclic) bond motifs is 1. The molecule has 0 amide bonds. The Kier molecular flexibility index (Phi) is 7.79. The van der Waals surface area contributed by atoms with Gasteiger partial charge in [-0.25, -0.2) is 4.98 Å². The maximum Gasteiger partial charge on any atom is 0.225 e. The Hall–Kier alpha value is -2.41. The highest BCUT2D eigenvalue weighted by molar-refractivity contribution is 7.80. The van der Waals surface area contributed by atoms with Gasteiger partial charge in [-0.15, -0.1) is 0 Å². The highest BCUT2D eigenvalue weighted by atomic mass is 32.1.